The summed E-state index contributed by atoms with van der Waals surface area (Å²) >= 11 is 0. The lowest BCUT2D eigenvalue weighted by molar-refractivity contribution is 0.307. The molecule has 5 heteroatoms. The molecule has 5 nitrogen and oxygen atoms in total. The molecule has 0 unspecified atom stereocenters. The summed E-state index contributed by atoms with van der Waals surface area (Å²) in [6.45, 7) is 4.32. The Bertz CT molecular complexity index is 611. The number of ether oxygens (including phenoxy) is 1. The number of pyridine rings is 1. The van der Waals surface area contributed by atoms with Gasteiger partial charge in [-0.15, -0.1) is 0 Å². The maximum Gasteiger partial charge on any atom is 0.191 e. The molecule has 1 aromatic carbocycles. The number of hydrogen-bond acceptors (Lipinski definition) is 3. The molecule has 0 saturated heterocycles. The van der Waals surface area contributed by atoms with Crippen molar-refractivity contribution in [2.75, 3.05) is 20.2 Å². The van der Waals surface area contributed by atoms with Crippen molar-refractivity contribution < 1.29 is 4.74 Å². The Kier molecular flexibility index (Phi) is 7.60. The largest absolute Gasteiger partial charge is 0.494 e. The van der Waals surface area contributed by atoms with Gasteiger partial charge in [0.05, 0.1) is 18.8 Å². The van der Waals surface area contributed by atoms with Crippen LogP contribution in [0.2, 0.25) is 0 Å². The molecule has 128 valence electrons. The molecule has 0 amide bonds. The number of aliphatic imine (C=N–C) groups is 1. The monoisotopic (exact) mass is 326 g/mol. The van der Waals surface area contributed by atoms with Crippen LogP contribution in [0.1, 0.15) is 24.1 Å². The van der Waals surface area contributed by atoms with Crippen LogP contribution >= 0.6 is 0 Å². The molecule has 0 bridgehead atoms. The number of guanidine groups is 1. The van der Waals surface area contributed by atoms with Gasteiger partial charge in [0.15, 0.2) is 5.96 Å². The standard InChI is InChI=1S/C19H26N4O/c1-16-8-10-18(11-9-16)24-14-6-5-13-22-19(20-2)23-15-17-7-3-4-12-21-17/h3-4,7-12H,5-6,13-15H2,1-2H3,(H2,20,22,23). The van der Waals surface area contributed by atoms with Crippen LogP contribution < -0.4 is 15.4 Å². The molecule has 1 heterocycles. The van der Waals surface area contributed by atoms with E-state index in [1.165, 1.54) is 5.56 Å². The Morgan fingerprint density at radius 2 is 1.92 bits per heavy atom. The van der Waals surface area contributed by atoms with E-state index in [1.54, 1.807) is 13.2 Å². The molecule has 0 aliphatic rings. The maximum absolute atomic E-state index is 5.72. The second-order valence-corrected chi connectivity index (χ2v) is 5.54. The van der Waals surface area contributed by atoms with Gasteiger partial charge < -0.3 is 15.4 Å². The minimum absolute atomic E-state index is 0.664. The highest BCUT2D eigenvalue weighted by Gasteiger charge is 1.99. The Hall–Kier alpha value is -2.56. The number of nitrogens with zero attached hydrogens (tertiary/aromatic N) is 2. The van der Waals surface area contributed by atoms with Crippen molar-refractivity contribution in [1.29, 1.82) is 0 Å². The maximum atomic E-state index is 5.72. The zero-order valence-corrected chi connectivity index (χ0v) is 14.5. The molecule has 2 rings (SSSR count). The van der Waals surface area contributed by atoms with Gasteiger partial charge in [-0.25, -0.2) is 0 Å². The molecule has 2 aromatic rings. The van der Waals surface area contributed by atoms with Crippen LogP contribution in [0.25, 0.3) is 0 Å². The first-order valence-electron chi connectivity index (χ1n) is 8.32. The van der Waals surface area contributed by atoms with E-state index in [4.69, 9.17) is 4.74 Å². The SMILES string of the molecule is CN=C(NCCCCOc1ccc(C)cc1)NCc1ccccn1. The van der Waals surface area contributed by atoms with Gasteiger partial charge in [-0.05, 0) is 44.0 Å². The molecule has 0 saturated carbocycles. The first kappa shape index (κ1) is 17.8. The Morgan fingerprint density at radius 1 is 1.08 bits per heavy atom. The highest BCUT2D eigenvalue weighted by atomic mass is 16.5. The summed E-state index contributed by atoms with van der Waals surface area (Å²) in [5, 5.41) is 6.55. The van der Waals surface area contributed by atoms with Crippen molar-refractivity contribution in [1.82, 2.24) is 15.6 Å². The average molecular weight is 326 g/mol. The fourth-order valence-electron chi connectivity index (χ4n) is 2.16. The summed E-state index contributed by atoms with van der Waals surface area (Å²) in [4.78, 5) is 8.49. The molecule has 0 radical (unpaired) electrons. The molecule has 0 aliphatic heterocycles. The third-order valence-electron chi connectivity index (χ3n) is 3.54. The van der Waals surface area contributed by atoms with Crippen LogP contribution in [0.3, 0.4) is 0 Å². The molecule has 0 atom stereocenters. The van der Waals surface area contributed by atoms with Crippen molar-refractivity contribution in [3.63, 3.8) is 0 Å². The van der Waals surface area contributed by atoms with E-state index >= 15 is 0 Å². The topological polar surface area (TPSA) is 58.5 Å². The second kappa shape index (κ2) is 10.3. The van der Waals surface area contributed by atoms with E-state index in [2.05, 4.69) is 39.7 Å². The quantitative estimate of drug-likeness (QED) is 0.445. The summed E-state index contributed by atoms with van der Waals surface area (Å²) in [6, 6.07) is 14.0. The Labute approximate surface area is 144 Å². The molecule has 0 fully saturated rings. The van der Waals surface area contributed by atoms with Gasteiger partial charge in [-0.3, -0.25) is 9.98 Å². The van der Waals surface area contributed by atoms with Gasteiger partial charge in [-0.1, -0.05) is 23.8 Å². The normalized spacial score (nSPS) is 11.2. The summed E-state index contributed by atoms with van der Waals surface area (Å²) in [5.41, 5.74) is 2.24. The third-order valence-corrected chi connectivity index (χ3v) is 3.54. The summed E-state index contributed by atoms with van der Waals surface area (Å²) in [7, 11) is 1.77. The number of nitrogens with one attached hydrogen (secondary N) is 2. The fourth-order valence-corrected chi connectivity index (χ4v) is 2.16. The number of aryl methyl sites for hydroxylation is 1. The van der Waals surface area contributed by atoms with Crippen molar-refractivity contribution in [2.24, 2.45) is 4.99 Å². The zero-order chi connectivity index (χ0) is 17.0. The molecular formula is C19H26N4O. The lowest BCUT2D eigenvalue weighted by Crippen LogP contribution is -2.37. The first-order chi connectivity index (χ1) is 11.8. The fraction of sp³-hybridized carbons (Fsp3) is 0.368. The van der Waals surface area contributed by atoms with Gasteiger partial charge in [0.25, 0.3) is 0 Å². The third kappa shape index (κ3) is 6.69. The average Bonchev–Trinajstić information content (AvgIpc) is 2.63. The minimum atomic E-state index is 0.664. The van der Waals surface area contributed by atoms with Gasteiger partial charge in [-0.2, -0.15) is 0 Å². The number of rotatable bonds is 8. The van der Waals surface area contributed by atoms with E-state index in [0.717, 1.165) is 43.4 Å². The summed E-state index contributed by atoms with van der Waals surface area (Å²) in [5.74, 6) is 1.72. The molecule has 1 aromatic heterocycles. The van der Waals surface area contributed by atoms with Crippen LogP contribution in [0.5, 0.6) is 5.75 Å². The van der Waals surface area contributed by atoms with Crippen molar-refractivity contribution in [2.45, 2.75) is 26.3 Å². The van der Waals surface area contributed by atoms with E-state index in [1.807, 2.05) is 30.3 Å². The van der Waals surface area contributed by atoms with E-state index in [0.29, 0.717) is 6.54 Å². The van der Waals surface area contributed by atoms with Gasteiger partial charge >= 0.3 is 0 Å². The van der Waals surface area contributed by atoms with Crippen LogP contribution in [0.4, 0.5) is 0 Å². The lowest BCUT2D eigenvalue weighted by Gasteiger charge is -2.11. The molecular weight excluding hydrogens is 300 g/mol. The van der Waals surface area contributed by atoms with Crippen molar-refractivity contribution >= 4 is 5.96 Å². The van der Waals surface area contributed by atoms with Crippen molar-refractivity contribution in [3.8, 4) is 5.75 Å². The van der Waals surface area contributed by atoms with Crippen LogP contribution in [-0.2, 0) is 6.54 Å². The lowest BCUT2D eigenvalue weighted by atomic mass is 10.2. The highest BCUT2D eigenvalue weighted by molar-refractivity contribution is 5.79. The molecule has 0 spiro atoms. The van der Waals surface area contributed by atoms with Crippen LogP contribution in [0, 0.1) is 6.92 Å². The van der Waals surface area contributed by atoms with Gasteiger partial charge in [0.1, 0.15) is 5.75 Å². The minimum Gasteiger partial charge on any atom is -0.494 e. The predicted octanol–water partition coefficient (Wildman–Crippen LogP) is 2.91. The zero-order valence-electron chi connectivity index (χ0n) is 14.5. The van der Waals surface area contributed by atoms with Gasteiger partial charge in [0, 0.05) is 19.8 Å². The summed E-state index contributed by atoms with van der Waals surface area (Å²) in [6.07, 6.45) is 3.81. The van der Waals surface area contributed by atoms with E-state index in [9.17, 15) is 0 Å². The summed E-state index contributed by atoms with van der Waals surface area (Å²) < 4.78 is 5.72. The number of unbranched alkanes of at least 4 members (excludes halogenated alkanes) is 1. The number of hydrogen-bond donors (Lipinski definition) is 2. The molecule has 2 N–H and O–H groups in total. The van der Waals surface area contributed by atoms with E-state index in [-0.39, 0.29) is 0 Å². The van der Waals surface area contributed by atoms with Crippen LogP contribution in [-0.4, -0.2) is 31.1 Å². The van der Waals surface area contributed by atoms with Gasteiger partial charge in [0.2, 0.25) is 0 Å². The Morgan fingerprint density at radius 3 is 2.62 bits per heavy atom. The second-order valence-electron chi connectivity index (χ2n) is 5.54. The first-order valence-corrected chi connectivity index (χ1v) is 8.32. The van der Waals surface area contributed by atoms with E-state index < -0.39 is 0 Å². The Balaban J connectivity index is 1.56. The predicted molar refractivity (Wildman–Crippen MR) is 98.3 cm³/mol. The molecule has 24 heavy (non-hydrogen) atoms. The number of benzene rings is 1. The molecule has 0 aliphatic carbocycles. The smallest absolute Gasteiger partial charge is 0.191 e. The number of aromatic nitrogens is 1. The van der Waals surface area contributed by atoms with Crippen LogP contribution in [0.15, 0.2) is 53.7 Å². The van der Waals surface area contributed by atoms with Crippen molar-refractivity contribution in [3.05, 3.63) is 59.9 Å². The highest BCUT2D eigenvalue weighted by Crippen LogP contribution is 2.11.